The van der Waals surface area contributed by atoms with Crippen molar-refractivity contribution in [1.29, 1.82) is 0 Å². The third-order valence-corrected chi connectivity index (χ3v) is 2.75. The van der Waals surface area contributed by atoms with Gasteiger partial charge in [-0.3, -0.25) is 10.1 Å². The van der Waals surface area contributed by atoms with E-state index >= 15 is 0 Å². The van der Waals surface area contributed by atoms with Crippen LogP contribution in [0.1, 0.15) is 5.56 Å². The van der Waals surface area contributed by atoms with E-state index in [4.69, 9.17) is 11.6 Å². The molecule has 2 rings (SSSR count). The molecule has 0 bridgehead atoms. The monoisotopic (exact) mass is 320 g/mol. The minimum Gasteiger partial charge on any atom is -0.258 e. The zero-order chi connectivity index (χ0) is 15.8. The molecule has 0 saturated heterocycles. The van der Waals surface area contributed by atoms with Crippen LogP contribution in [0.25, 0.3) is 11.3 Å². The first kappa shape index (κ1) is 15.2. The number of aromatic nitrogens is 1. The van der Waals surface area contributed by atoms with Gasteiger partial charge < -0.3 is 0 Å². The van der Waals surface area contributed by atoms with Crippen LogP contribution in [0, 0.1) is 15.9 Å². The molecule has 21 heavy (non-hydrogen) atoms. The van der Waals surface area contributed by atoms with E-state index in [0.29, 0.717) is 12.1 Å². The number of halogens is 5. The first-order valence-electron chi connectivity index (χ1n) is 5.37. The number of hydrogen-bond donors (Lipinski definition) is 0. The molecule has 0 amide bonds. The Labute approximate surface area is 120 Å². The molecule has 1 aromatic heterocycles. The minimum absolute atomic E-state index is 0.0499. The molecule has 0 spiro atoms. The van der Waals surface area contributed by atoms with Gasteiger partial charge in [0.2, 0.25) is 0 Å². The van der Waals surface area contributed by atoms with Gasteiger partial charge >= 0.3 is 6.18 Å². The van der Waals surface area contributed by atoms with Gasteiger partial charge in [0.05, 0.1) is 22.2 Å². The summed E-state index contributed by atoms with van der Waals surface area (Å²) < 4.78 is 50.8. The van der Waals surface area contributed by atoms with Crippen molar-refractivity contribution in [2.75, 3.05) is 0 Å². The van der Waals surface area contributed by atoms with Crippen molar-refractivity contribution >= 4 is 17.3 Å². The molecule has 0 aliphatic carbocycles. The quantitative estimate of drug-likeness (QED) is 0.355. The summed E-state index contributed by atoms with van der Waals surface area (Å²) in [7, 11) is 0. The number of benzene rings is 1. The van der Waals surface area contributed by atoms with E-state index in [2.05, 4.69) is 4.98 Å². The number of nitrogens with zero attached hydrogens (tertiary/aromatic N) is 2. The average molecular weight is 321 g/mol. The predicted octanol–water partition coefficient (Wildman–Crippen LogP) is 4.47. The maximum Gasteiger partial charge on any atom is 0.419 e. The highest BCUT2D eigenvalue weighted by Gasteiger charge is 2.34. The van der Waals surface area contributed by atoms with Gasteiger partial charge in [0.25, 0.3) is 5.69 Å². The van der Waals surface area contributed by atoms with E-state index in [1.165, 1.54) is 0 Å². The van der Waals surface area contributed by atoms with E-state index in [0.717, 1.165) is 18.2 Å². The van der Waals surface area contributed by atoms with Gasteiger partial charge in [0.15, 0.2) is 0 Å². The van der Waals surface area contributed by atoms with Gasteiger partial charge in [-0.15, -0.1) is 0 Å². The second-order valence-corrected chi connectivity index (χ2v) is 4.37. The maximum atomic E-state index is 13.5. The zero-order valence-corrected chi connectivity index (χ0v) is 10.7. The Morgan fingerprint density at radius 2 is 1.86 bits per heavy atom. The van der Waals surface area contributed by atoms with Crippen LogP contribution in [0.5, 0.6) is 0 Å². The van der Waals surface area contributed by atoms with Crippen molar-refractivity contribution in [1.82, 2.24) is 4.98 Å². The van der Waals surface area contributed by atoms with Gasteiger partial charge in [0, 0.05) is 11.6 Å². The van der Waals surface area contributed by atoms with Crippen molar-refractivity contribution in [2.24, 2.45) is 0 Å². The van der Waals surface area contributed by atoms with Crippen LogP contribution in [0.3, 0.4) is 0 Å². The summed E-state index contributed by atoms with van der Waals surface area (Å²) in [6.07, 6.45) is -4.82. The van der Waals surface area contributed by atoms with Crippen molar-refractivity contribution in [3.63, 3.8) is 0 Å². The molecule has 1 aromatic carbocycles. The molecule has 0 atom stereocenters. The standard InChI is InChI=1S/C12H5ClF4N2O2/c13-11-5-7(19(20)21)4-10(18-11)6-1-2-8(9(14)3-6)12(15,16)17/h1-5H. The number of rotatable bonds is 2. The lowest BCUT2D eigenvalue weighted by Crippen LogP contribution is -2.08. The summed E-state index contributed by atoms with van der Waals surface area (Å²) in [4.78, 5) is 13.7. The van der Waals surface area contributed by atoms with Gasteiger partial charge in [-0.1, -0.05) is 17.7 Å². The van der Waals surface area contributed by atoms with E-state index in [-0.39, 0.29) is 16.4 Å². The highest BCUT2D eigenvalue weighted by atomic mass is 35.5. The zero-order valence-electron chi connectivity index (χ0n) is 9.99. The fourth-order valence-electron chi connectivity index (χ4n) is 1.64. The van der Waals surface area contributed by atoms with Gasteiger partial charge in [0.1, 0.15) is 11.0 Å². The Morgan fingerprint density at radius 3 is 2.38 bits per heavy atom. The lowest BCUT2D eigenvalue weighted by Gasteiger charge is -2.09. The van der Waals surface area contributed by atoms with Crippen LogP contribution >= 0.6 is 11.6 Å². The highest BCUT2D eigenvalue weighted by molar-refractivity contribution is 6.29. The van der Waals surface area contributed by atoms with E-state index in [9.17, 15) is 27.7 Å². The normalized spacial score (nSPS) is 11.5. The fraction of sp³-hybridized carbons (Fsp3) is 0.0833. The molecule has 2 aromatic rings. The SMILES string of the molecule is O=[N+]([O-])c1cc(Cl)nc(-c2ccc(C(F)(F)F)c(F)c2)c1. The average Bonchev–Trinajstić information content (AvgIpc) is 2.36. The summed E-state index contributed by atoms with van der Waals surface area (Å²) in [6, 6.07) is 4.08. The van der Waals surface area contributed by atoms with Crippen molar-refractivity contribution in [3.8, 4) is 11.3 Å². The molecular weight excluding hydrogens is 316 g/mol. The number of pyridine rings is 1. The van der Waals surface area contributed by atoms with Gasteiger partial charge in [-0.25, -0.2) is 9.37 Å². The molecule has 9 heteroatoms. The van der Waals surface area contributed by atoms with Crippen molar-refractivity contribution in [2.45, 2.75) is 6.18 Å². The van der Waals surface area contributed by atoms with Gasteiger partial charge in [-0.2, -0.15) is 13.2 Å². The van der Waals surface area contributed by atoms with Crippen molar-refractivity contribution < 1.29 is 22.5 Å². The lowest BCUT2D eigenvalue weighted by atomic mass is 10.1. The second-order valence-electron chi connectivity index (χ2n) is 3.98. The first-order valence-corrected chi connectivity index (χ1v) is 5.75. The van der Waals surface area contributed by atoms with Crippen LogP contribution in [0.4, 0.5) is 23.2 Å². The van der Waals surface area contributed by atoms with Crippen LogP contribution in [-0.2, 0) is 6.18 Å². The topological polar surface area (TPSA) is 56.0 Å². The summed E-state index contributed by atoms with van der Waals surface area (Å²) in [5, 5.41) is 10.5. The smallest absolute Gasteiger partial charge is 0.258 e. The summed E-state index contributed by atoms with van der Waals surface area (Å²) in [5.74, 6) is -1.50. The summed E-state index contributed by atoms with van der Waals surface area (Å²) >= 11 is 5.60. The van der Waals surface area contributed by atoms with Crippen LogP contribution < -0.4 is 0 Å². The Bertz CT molecular complexity index is 719. The van der Waals surface area contributed by atoms with E-state index < -0.39 is 28.2 Å². The fourth-order valence-corrected chi connectivity index (χ4v) is 1.84. The highest BCUT2D eigenvalue weighted by Crippen LogP contribution is 2.34. The van der Waals surface area contributed by atoms with E-state index in [1.807, 2.05) is 0 Å². The molecular formula is C12H5ClF4N2O2. The molecule has 0 saturated carbocycles. The van der Waals surface area contributed by atoms with Crippen LogP contribution in [-0.4, -0.2) is 9.91 Å². The molecule has 4 nitrogen and oxygen atoms in total. The number of hydrogen-bond acceptors (Lipinski definition) is 3. The van der Waals surface area contributed by atoms with Crippen LogP contribution in [0.2, 0.25) is 5.15 Å². The van der Waals surface area contributed by atoms with Crippen molar-refractivity contribution in [3.05, 3.63) is 57.0 Å². The summed E-state index contributed by atoms with van der Waals surface area (Å²) in [6.45, 7) is 0. The molecule has 0 aliphatic heterocycles. The summed E-state index contributed by atoms with van der Waals surface area (Å²) in [5.41, 5.74) is -1.97. The molecule has 0 fully saturated rings. The van der Waals surface area contributed by atoms with Crippen LogP contribution in [0.15, 0.2) is 30.3 Å². The number of alkyl halides is 3. The molecule has 0 unspecified atom stereocenters. The Kier molecular flexibility index (Phi) is 3.82. The molecule has 0 N–H and O–H groups in total. The third-order valence-electron chi connectivity index (χ3n) is 2.56. The maximum absolute atomic E-state index is 13.5. The Balaban J connectivity index is 2.53. The molecule has 0 radical (unpaired) electrons. The van der Waals surface area contributed by atoms with Gasteiger partial charge in [-0.05, 0) is 12.1 Å². The largest absolute Gasteiger partial charge is 0.419 e. The second kappa shape index (κ2) is 5.28. The molecule has 1 heterocycles. The predicted molar refractivity (Wildman–Crippen MR) is 66.3 cm³/mol. The van der Waals surface area contributed by atoms with E-state index in [1.54, 1.807) is 0 Å². The lowest BCUT2D eigenvalue weighted by molar-refractivity contribution is -0.384. The third kappa shape index (κ3) is 3.27. The Hall–Kier alpha value is -2.22. The number of nitro groups is 1. The minimum atomic E-state index is -4.82. The first-order chi connectivity index (χ1) is 9.68. The Morgan fingerprint density at radius 1 is 1.19 bits per heavy atom. The molecule has 0 aliphatic rings. The molecule has 110 valence electrons.